The second kappa shape index (κ2) is 6.54. The van der Waals surface area contributed by atoms with Crippen molar-refractivity contribution in [2.45, 2.75) is 29.0 Å². The molecule has 1 aliphatic heterocycles. The van der Waals surface area contributed by atoms with E-state index in [-0.39, 0.29) is 5.82 Å². The van der Waals surface area contributed by atoms with Gasteiger partial charge in [-0.3, -0.25) is 4.57 Å². The summed E-state index contributed by atoms with van der Waals surface area (Å²) in [6.07, 6.45) is -3.30. The number of aliphatic hydroxyl groups is 1. The van der Waals surface area contributed by atoms with Crippen LogP contribution in [0.25, 0.3) is 0 Å². The molecular weight excluding hydrogens is 333 g/mol. The highest BCUT2D eigenvalue weighted by Gasteiger charge is 2.49. The van der Waals surface area contributed by atoms with Crippen LogP contribution in [-0.4, -0.2) is 32.2 Å². The van der Waals surface area contributed by atoms with Crippen molar-refractivity contribution in [3.05, 3.63) is 65.1 Å². The highest BCUT2D eigenvalue weighted by Crippen LogP contribution is 2.48. The van der Waals surface area contributed by atoms with E-state index in [2.05, 4.69) is 11.9 Å². The lowest BCUT2D eigenvalue weighted by molar-refractivity contribution is 0.0117. The monoisotopic (exact) mass is 349 g/mol. The predicted molar refractivity (Wildman–Crippen MR) is 88.6 cm³/mol. The number of thioether (sulfide) groups is 1. The summed E-state index contributed by atoms with van der Waals surface area (Å²) in [4.78, 5) is 15.5. The summed E-state index contributed by atoms with van der Waals surface area (Å²) in [6.45, 7) is 3.79. The van der Waals surface area contributed by atoms with Crippen LogP contribution in [0.1, 0.15) is 22.6 Å². The van der Waals surface area contributed by atoms with Gasteiger partial charge in [-0.05, 0) is 24.1 Å². The lowest BCUT2D eigenvalue weighted by atomic mass is 9.97. The average molecular weight is 349 g/mol. The Labute approximate surface area is 142 Å². The summed E-state index contributed by atoms with van der Waals surface area (Å²) in [7, 11) is 0. The van der Waals surface area contributed by atoms with Gasteiger partial charge in [-0.15, -0.1) is 11.8 Å². The van der Waals surface area contributed by atoms with E-state index < -0.39 is 34.7 Å². The fourth-order valence-corrected chi connectivity index (χ4v) is 4.27. The molecule has 2 heterocycles. The van der Waals surface area contributed by atoms with E-state index in [0.717, 1.165) is 16.3 Å². The number of nitrogens with zero attached hydrogens (tertiary/aromatic N) is 2. The van der Waals surface area contributed by atoms with Crippen LogP contribution in [0.2, 0.25) is 0 Å². The van der Waals surface area contributed by atoms with Crippen LogP contribution in [0, 0.1) is 6.92 Å². The molecule has 126 valence electrons. The number of anilines is 1. The zero-order chi connectivity index (χ0) is 17.4. The molecule has 2 aromatic rings. The Morgan fingerprint density at radius 1 is 1.38 bits per heavy atom. The Hall–Kier alpha value is -1.90. The molecule has 5 atom stereocenters. The summed E-state index contributed by atoms with van der Waals surface area (Å²) >= 11 is 0.928. The number of nitrogens with two attached hydrogens (primary N) is 1. The maximum atomic E-state index is 14.5. The zero-order valence-corrected chi connectivity index (χ0v) is 13.4. The Balaban J connectivity index is 1.90. The van der Waals surface area contributed by atoms with E-state index in [9.17, 15) is 19.4 Å². The smallest absolute Gasteiger partial charge is 0.350 e. The van der Waals surface area contributed by atoms with Crippen molar-refractivity contribution < 1.29 is 14.6 Å². The first-order valence-electron chi connectivity index (χ1n) is 7.29. The molecule has 0 aliphatic carbocycles. The Morgan fingerprint density at radius 2 is 2.08 bits per heavy atom. The number of nitrogen functional groups attached to an aromatic ring is 1. The first-order valence-corrected chi connectivity index (χ1v) is 8.23. The van der Waals surface area contributed by atoms with Gasteiger partial charge in [0, 0.05) is 6.20 Å². The molecule has 1 aliphatic rings. The minimum absolute atomic E-state index is 0.0273. The highest BCUT2D eigenvalue weighted by molar-refractivity contribution is 8.00. The molecule has 3 rings (SSSR count). The molecule has 1 aromatic heterocycles. The zero-order valence-electron chi connectivity index (χ0n) is 12.6. The third kappa shape index (κ3) is 2.92. The molecule has 3 N–H and O–H groups in total. The Kier molecular flexibility index (Phi) is 4.62. The normalized spacial score (nSPS) is 28.0. The summed E-state index contributed by atoms with van der Waals surface area (Å²) < 4.78 is 15.6. The van der Waals surface area contributed by atoms with E-state index in [1.165, 1.54) is 12.3 Å². The number of halogens is 1. The number of hydrogen-bond acceptors (Lipinski definition) is 5. The summed E-state index contributed by atoms with van der Waals surface area (Å²) in [5, 5.41) is 20.9. The number of aliphatic hydroxyl groups excluding tert-OH is 1. The molecule has 24 heavy (non-hydrogen) atoms. The SMILES string of the molecule is [CH2]c1ccccc1C([O])[C@H]1S[C@@H](n2ccc(N)nc2=O)[C@@H](F)[C@@H]1O. The molecule has 1 saturated heterocycles. The van der Waals surface area contributed by atoms with Crippen molar-refractivity contribution in [1.82, 2.24) is 9.55 Å². The number of aromatic nitrogens is 2. The van der Waals surface area contributed by atoms with Crippen LogP contribution in [0.3, 0.4) is 0 Å². The van der Waals surface area contributed by atoms with Crippen molar-refractivity contribution in [1.29, 1.82) is 0 Å². The Morgan fingerprint density at radius 3 is 2.75 bits per heavy atom. The average Bonchev–Trinajstić information content (AvgIpc) is 2.83. The van der Waals surface area contributed by atoms with Gasteiger partial charge in [-0.1, -0.05) is 24.3 Å². The standard InChI is InChI=1S/C16H16FN3O3S/c1-8-4-2-3-5-9(8)12(21)14-13(22)11(17)15(24-14)20-7-6-10(18)19-16(20)23/h2-7,11-15,22H,1H2,(H2,18,19,23)/t11-,12?,13-,14+,15+/m0/s1. The number of hydrogen-bond donors (Lipinski definition) is 2. The topological polar surface area (TPSA) is 101 Å². The summed E-state index contributed by atoms with van der Waals surface area (Å²) in [5.41, 5.74) is 5.65. The van der Waals surface area contributed by atoms with Crippen molar-refractivity contribution in [3.8, 4) is 0 Å². The lowest BCUT2D eigenvalue weighted by Gasteiger charge is -2.20. The molecule has 2 radical (unpaired) electrons. The van der Waals surface area contributed by atoms with Crippen LogP contribution in [0.4, 0.5) is 10.2 Å². The van der Waals surface area contributed by atoms with Gasteiger partial charge in [0.1, 0.15) is 23.4 Å². The minimum atomic E-state index is -1.77. The molecule has 1 unspecified atom stereocenters. The van der Waals surface area contributed by atoms with Gasteiger partial charge in [0.05, 0.1) is 5.25 Å². The molecule has 0 spiro atoms. The van der Waals surface area contributed by atoms with Crippen LogP contribution < -0.4 is 11.4 Å². The summed E-state index contributed by atoms with van der Waals surface area (Å²) in [5.74, 6) is 0.0273. The fourth-order valence-electron chi connectivity index (χ4n) is 2.74. The Bertz CT molecular complexity index is 800. The maximum absolute atomic E-state index is 14.5. The number of benzene rings is 1. The number of alkyl halides is 1. The van der Waals surface area contributed by atoms with Crippen LogP contribution in [0.5, 0.6) is 0 Å². The molecule has 1 aromatic carbocycles. The molecule has 0 saturated carbocycles. The van der Waals surface area contributed by atoms with Crippen molar-refractivity contribution in [3.63, 3.8) is 0 Å². The van der Waals surface area contributed by atoms with E-state index in [0.29, 0.717) is 11.1 Å². The van der Waals surface area contributed by atoms with Crippen LogP contribution in [-0.2, 0) is 5.11 Å². The van der Waals surface area contributed by atoms with E-state index >= 15 is 0 Å². The molecule has 1 fully saturated rings. The van der Waals surface area contributed by atoms with Crippen molar-refractivity contribution in [2.75, 3.05) is 5.73 Å². The van der Waals surface area contributed by atoms with E-state index in [1.807, 2.05) is 0 Å². The van der Waals surface area contributed by atoms with Gasteiger partial charge in [-0.2, -0.15) is 4.98 Å². The van der Waals surface area contributed by atoms with Gasteiger partial charge < -0.3 is 10.8 Å². The number of rotatable bonds is 3. The molecule has 0 bridgehead atoms. The molecule has 0 amide bonds. The first-order chi connectivity index (χ1) is 11.4. The van der Waals surface area contributed by atoms with E-state index in [1.54, 1.807) is 24.3 Å². The van der Waals surface area contributed by atoms with Crippen molar-refractivity contribution in [2.24, 2.45) is 0 Å². The largest absolute Gasteiger partial charge is 0.389 e. The molecule has 6 nitrogen and oxygen atoms in total. The van der Waals surface area contributed by atoms with Crippen LogP contribution >= 0.6 is 11.8 Å². The van der Waals surface area contributed by atoms with Crippen molar-refractivity contribution >= 4 is 17.6 Å². The summed E-state index contributed by atoms with van der Waals surface area (Å²) in [6, 6.07) is 8.11. The third-order valence-electron chi connectivity index (χ3n) is 4.02. The van der Waals surface area contributed by atoms with Gasteiger partial charge in [-0.25, -0.2) is 14.3 Å². The van der Waals surface area contributed by atoms with Gasteiger partial charge in [0.2, 0.25) is 0 Å². The van der Waals surface area contributed by atoms with Gasteiger partial charge in [0.25, 0.3) is 0 Å². The quantitative estimate of drug-likeness (QED) is 0.874. The third-order valence-corrected chi connectivity index (χ3v) is 5.62. The maximum Gasteiger partial charge on any atom is 0.350 e. The highest BCUT2D eigenvalue weighted by atomic mass is 32.2. The lowest BCUT2D eigenvalue weighted by Crippen LogP contribution is -2.34. The van der Waals surface area contributed by atoms with Gasteiger partial charge >= 0.3 is 5.69 Å². The van der Waals surface area contributed by atoms with E-state index in [4.69, 9.17) is 5.73 Å². The second-order valence-corrected chi connectivity index (χ2v) is 6.89. The minimum Gasteiger partial charge on any atom is -0.389 e. The second-order valence-electron chi connectivity index (χ2n) is 5.59. The molecule has 8 heteroatoms. The first kappa shape index (κ1) is 16.9. The van der Waals surface area contributed by atoms with Crippen LogP contribution in [0.15, 0.2) is 41.3 Å². The molecular formula is C16H16FN3O3S. The van der Waals surface area contributed by atoms with Gasteiger partial charge in [0.15, 0.2) is 6.17 Å². The fraction of sp³-hybridized carbons (Fsp3) is 0.312. The predicted octanol–water partition coefficient (Wildman–Crippen LogP) is 1.49.